The van der Waals surface area contributed by atoms with Crippen molar-refractivity contribution in [2.24, 2.45) is 0 Å². The van der Waals surface area contributed by atoms with Crippen molar-refractivity contribution in [3.8, 4) is 5.75 Å². The fourth-order valence-electron chi connectivity index (χ4n) is 3.02. The minimum Gasteiger partial charge on any atom is -0.497 e. The van der Waals surface area contributed by atoms with Crippen LogP contribution in [-0.2, 0) is 16.3 Å². The molecule has 0 aliphatic heterocycles. The zero-order chi connectivity index (χ0) is 21.9. The second-order valence-electron chi connectivity index (χ2n) is 6.41. The number of carbonyl (C=O) groups excluding carboxylic acids is 1. The second-order valence-corrected chi connectivity index (χ2v) is 8.71. The molecule has 0 aliphatic rings. The number of hydroxylamine groups is 1. The minimum atomic E-state index is -4.10. The highest BCUT2D eigenvalue weighted by Gasteiger charge is 2.27. The zero-order valence-corrected chi connectivity index (χ0v) is 17.5. The van der Waals surface area contributed by atoms with Crippen LogP contribution in [0, 0.1) is 0 Å². The lowest BCUT2D eigenvalue weighted by molar-refractivity contribution is 0.0705. The Bertz CT molecular complexity index is 1180. The Hall–Kier alpha value is -3.07. The number of carbonyl (C=O) groups is 1. The molecule has 0 spiro atoms. The fourth-order valence-corrected chi connectivity index (χ4v) is 4.76. The summed E-state index contributed by atoms with van der Waals surface area (Å²) in [6.45, 7) is 0. The molecule has 3 aromatic rings. The summed E-state index contributed by atoms with van der Waals surface area (Å²) in [5, 5.41) is 9.11. The van der Waals surface area contributed by atoms with Crippen molar-refractivity contribution in [1.82, 2.24) is 5.48 Å². The SMILES string of the molecule is COc1ccc(S(=O)(=O)c2cc(C(=O)NO)c(Cc3ccccc3)c(Cl)c2N)cc1. The molecule has 0 bridgehead atoms. The van der Waals surface area contributed by atoms with E-state index >= 15 is 0 Å². The lowest BCUT2D eigenvalue weighted by atomic mass is 9.98. The van der Waals surface area contributed by atoms with Gasteiger partial charge in [0.2, 0.25) is 9.84 Å². The number of hydrogen-bond donors (Lipinski definition) is 3. The highest BCUT2D eigenvalue weighted by Crippen LogP contribution is 2.37. The molecule has 4 N–H and O–H groups in total. The van der Waals surface area contributed by atoms with Gasteiger partial charge in [-0.15, -0.1) is 0 Å². The maximum atomic E-state index is 13.2. The number of halogens is 1. The summed E-state index contributed by atoms with van der Waals surface area (Å²) in [7, 11) is -2.63. The van der Waals surface area contributed by atoms with Crippen molar-refractivity contribution in [1.29, 1.82) is 0 Å². The van der Waals surface area contributed by atoms with Gasteiger partial charge in [0.1, 0.15) is 5.75 Å². The molecule has 156 valence electrons. The molecule has 1 amide bonds. The number of amides is 1. The molecule has 9 heteroatoms. The molecule has 0 heterocycles. The van der Waals surface area contributed by atoms with E-state index in [0.717, 1.165) is 11.6 Å². The summed E-state index contributed by atoms with van der Waals surface area (Å²) in [5.74, 6) is -0.410. The molecule has 0 unspecified atom stereocenters. The van der Waals surface area contributed by atoms with E-state index in [9.17, 15) is 18.4 Å². The molecule has 0 saturated carbocycles. The maximum Gasteiger partial charge on any atom is 0.275 e. The van der Waals surface area contributed by atoms with Crippen molar-refractivity contribution < 1.29 is 23.2 Å². The van der Waals surface area contributed by atoms with Gasteiger partial charge in [-0.1, -0.05) is 41.9 Å². The number of nitrogens with one attached hydrogen (secondary N) is 1. The zero-order valence-electron chi connectivity index (χ0n) is 15.9. The summed E-state index contributed by atoms with van der Waals surface area (Å²) in [4.78, 5) is 11.9. The summed E-state index contributed by atoms with van der Waals surface area (Å²) >= 11 is 6.42. The first-order chi connectivity index (χ1) is 14.3. The van der Waals surface area contributed by atoms with E-state index in [1.54, 1.807) is 0 Å². The van der Waals surface area contributed by atoms with Crippen molar-refractivity contribution in [2.45, 2.75) is 16.2 Å². The van der Waals surface area contributed by atoms with Gasteiger partial charge >= 0.3 is 0 Å². The van der Waals surface area contributed by atoms with Crippen LogP contribution in [0.4, 0.5) is 5.69 Å². The number of nitrogen functional groups attached to an aromatic ring is 1. The average Bonchev–Trinajstić information content (AvgIpc) is 2.77. The van der Waals surface area contributed by atoms with Gasteiger partial charge in [-0.25, -0.2) is 13.9 Å². The van der Waals surface area contributed by atoms with Crippen molar-refractivity contribution in [3.05, 3.63) is 82.4 Å². The van der Waals surface area contributed by atoms with Gasteiger partial charge in [0.15, 0.2) is 0 Å². The van der Waals surface area contributed by atoms with Gasteiger partial charge in [0.05, 0.1) is 27.6 Å². The third kappa shape index (κ3) is 4.11. The lowest BCUT2D eigenvalue weighted by Crippen LogP contribution is -2.22. The van der Waals surface area contributed by atoms with E-state index in [1.807, 2.05) is 30.3 Å². The third-order valence-electron chi connectivity index (χ3n) is 4.60. The minimum absolute atomic E-state index is 0.0442. The molecule has 0 radical (unpaired) electrons. The number of nitrogens with two attached hydrogens (primary N) is 1. The molecule has 3 rings (SSSR count). The van der Waals surface area contributed by atoms with E-state index < -0.39 is 15.7 Å². The summed E-state index contributed by atoms with van der Waals surface area (Å²) < 4.78 is 31.4. The van der Waals surface area contributed by atoms with Crippen molar-refractivity contribution in [2.75, 3.05) is 12.8 Å². The third-order valence-corrected chi connectivity index (χ3v) is 6.84. The molecule has 3 aromatic carbocycles. The quantitative estimate of drug-likeness (QED) is 0.303. The second kappa shape index (κ2) is 8.74. The lowest BCUT2D eigenvalue weighted by Gasteiger charge is -2.17. The van der Waals surface area contributed by atoms with Crippen LogP contribution in [0.2, 0.25) is 5.02 Å². The number of methoxy groups -OCH3 is 1. The Kier molecular flexibility index (Phi) is 6.31. The van der Waals surface area contributed by atoms with E-state index in [1.165, 1.54) is 36.9 Å². The first-order valence-corrected chi connectivity index (χ1v) is 10.6. The van der Waals surface area contributed by atoms with Gasteiger partial charge < -0.3 is 10.5 Å². The number of rotatable bonds is 6. The van der Waals surface area contributed by atoms with Crippen LogP contribution in [0.3, 0.4) is 0 Å². The van der Waals surface area contributed by atoms with E-state index in [-0.39, 0.29) is 32.5 Å². The number of benzene rings is 3. The fraction of sp³-hybridized carbons (Fsp3) is 0.0952. The molecule has 30 heavy (non-hydrogen) atoms. The largest absolute Gasteiger partial charge is 0.497 e. The smallest absolute Gasteiger partial charge is 0.275 e. The number of ether oxygens (including phenoxy) is 1. The topological polar surface area (TPSA) is 119 Å². The molecule has 0 fully saturated rings. The Morgan fingerprint density at radius 3 is 2.33 bits per heavy atom. The van der Waals surface area contributed by atoms with Gasteiger partial charge in [0.25, 0.3) is 5.91 Å². The Morgan fingerprint density at radius 1 is 1.13 bits per heavy atom. The van der Waals surface area contributed by atoms with E-state index in [4.69, 9.17) is 22.1 Å². The molecule has 0 aliphatic carbocycles. The number of sulfone groups is 1. The summed E-state index contributed by atoms with van der Waals surface area (Å²) in [6.07, 6.45) is 0.218. The average molecular weight is 447 g/mol. The van der Waals surface area contributed by atoms with Crippen LogP contribution < -0.4 is 16.0 Å². The predicted molar refractivity (Wildman–Crippen MR) is 113 cm³/mol. The first kappa shape index (κ1) is 21.6. The Balaban J connectivity index is 2.18. The number of anilines is 1. The van der Waals surface area contributed by atoms with Gasteiger partial charge in [-0.3, -0.25) is 10.0 Å². The molecule has 0 atom stereocenters. The highest BCUT2D eigenvalue weighted by molar-refractivity contribution is 7.91. The molecule has 7 nitrogen and oxygen atoms in total. The normalized spacial score (nSPS) is 11.2. The maximum absolute atomic E-state index is 13.2. The Labute approximate surface area is 178 Å². The monoisotopic (exact) mass is 446 g/mol. The predicted octanol–water partition coefficient (Wildman–Crippen LogP) is 3.47. The van der Waals surface area contributed by atoms with Crippen LogP contribution in [-0.4, -0.2) is 26.6 Å². The van der Waals surface area contributed by atoms with E-state index in [2.05, 4.69) is 0 Å². The first-order valence-electron chi connectivity index (χ1n) is 8.78. The van der Waals surface area contributed by atoms with Gasteiger partial charge in [0, 0.05) is 5.56 Å². The van der Waals surface area contributed by atoms with Crippen LogP contribution in [0.25, 0.3) is 0 Å². The summed E-state index contributed by atoms with van der Waals surface area (Å²) in [6, 6.07) is 16.0. The van der Waals surface area contributed by atoms with Gasteiger partial charge in [-0.2, -0.15) is 0 Å². The standard InChI is InChI=1S/C21H19ClN2O5S/c1-29-14-7-9-15(10-8-14)30(27,28)18-12-17(21(25)24-26)16(19(22)20(18)23)11-13-5-3-2-4-6-13/h2-10,12,26H,11,23H2,1H3,(H,24,25). The van der Waals surface area contributed by atoms with E-state index in [0.29, 0.717) is 11.3 Å². The van der Waals surface area contributed by atoms with Crippen molar-refractivity contribution in [3.63, 3.8) is 0 Å². The van der Waals surface area contributed by atoms with Crippen LogP contribution in [0.1, 0.15) is 21.5 Å². The van der Waals surface area contributed by atoms with Crippen LogP contribution in [0.15, 0.2) is 70.5 Å². The Morgan fingerprint density at radius 2 is 1.77 bits per heavy atom. The van der Waals surface area contributed by atoms with Crippen LogP contribution in [0.5, 0.6) is 5.75 Å². The summed E-state index contributed by atoms with van der Waals surface area (Å²) in [5.41, 5.74) is 8.51. The molecule has 0 saturated heterocycles. The molecule has 0 aromatic heterocycles. The number of hydrogen-bond acceptors (Lipinski definition) is 6. The molecular formula is C21H19ClN2O5S. The van der Waals surface area contributed by atoms with Crippen molar-refractivity contribution >= 4 is 33.0 Å². The highest BCUT2D eigenvalue weighted by atomic mass is 35.5. The van der Waals surface area contributed by atoms with Gasteiger partial charge in [-0.05, 0) is 47.9 Å². The molecular weight excluding hydrogens is 428 g/mol. The van der Waals surface area contributed by atoms with Crippen LogP contribution >= 0.6 is 11.6 Å².